The second kappa shape index (κ2) is 11.6. The Bertz CT molecular complexity index is 784. The average molecular weight is 416 g/mol. The molecule has 1 saturated heterocycles. The minimum absolute atomic E-state index is 0.209. The highest BCUT2D eigenvalue weighted by Gasteiger charge is 2.23. The Morgan fingerprint density at radius 1 is 1.20 bits per heavy atom. The third-order valence-corrected chi connectivity index (χ3v) is 5.16. The van der Waals surface area contributed by atoms with Gasteiger partial charge in [0, 0.05) is 32.2 Å². The molecule has 0 aliphatic carbocycles. The molecule has 2 N–H and O–H groups in total. The van der Waals surface area contributed by atoms with Crippen LogP contribution in [0.15, 0.2) is 39.8 Å². The summed E-state index contributed by atoms with van der Waals surface area (Å²) in [4.78, 5) is 7.12. The molecule has 1 aliphatic heterocycles. The van der Waals surface area contributed by atoms with Gasteiger partial charge < -0.3 is 24.6 Å². The second-order valence-electron chi connectivity index (χ2n) is 7.15. The molecule has 1 atom stereocenters. The molecular formula is C22H33N5O3. The highest BCUT2D eigenvalue weighted by Crippen LogP contribution is 2.23. The first-order chi connectivity index (χ1) is 14.7. The standard InChI is InChI=1S/C22H33N5O3/c1-4-18-14-20(30-26-18)15-24-22(23-5-2)25-16-21(27-10-12-29-13-11-27)17-6-8-19(28-3)9-7-17/h6-9,14,21H,4-5,10-13,15-16H2,1-3H3,(H2,23,24,25). The van der Waals surface area contributed by atoms with E-state index in [0.717, 1.165) is 69.0 Å². The molecule has 3 rings (SSSR count). The first kappa shape index (κ1) is 22.1. The van der Waals surface area contributed by atoms with Crippen molar-refractivity contribution < 1.29 is 14.0 Å². The van der Waals surface area contributed by atoms with Gasteiger partial charge in [-0.05, 0) is 31.0 Å². The number of morpholine rings is 1. The van der Waals surface area contributed by atoms with E-state index in [1.807, 2.05) is 18.2 Å². The van der Waals surface area contributed by atoms with Gasteiger partial charge >= 0.3 is 0 Å². The van der Waals surface area contributed by atoms with Crippen LogP contribution in [0.3, 0.4) is 0 Å². The van der Waals surface area contributed by atoms with E-state index < -0.39 is 0 Å². The number of hydrogen-bond acceptors (Lipinski definition) is 6. The first-order valence-electron chi connectivity index (χ1n) is 10.7. The quantitative estimate of drug-likeness (QED) is 0.480. The maximum absolute atomic E-state index is 5.55. The number of aryl methyl sites for hydroxylation is 1. The van der Waals surface area contributed by atoms with Gasteiger partial charge in [-0.1, -0.05) is 24.2 Å². The molecule has 1 unspecified atom stereocenters. The van der Waals surface area contributed by atoms with Crippen LogP contribution in [0.1, 0.15) is 36.9 Å². The number of guanidine groups is 1. The molecule has 1 aromatic heterocycles. The Morgan fingerprint density at radius 3 is 2.60 bits per heavy atom. The molecule has 0 radical (unpaired) electrons. The van der Waals surface area contributed by atoms with E-state index in [4.69, 9.17) is 14.0 Å². The normalized spacial score (nSPS) is 16.3. The van der Waals surface area contributed by atoms with E-state index in [1.165, 1.54) is 5.56 Å². The van der Waals surface area contributed by atoms with Crippen LogP contribution in [-0.4, -0.2) is 62.5 Å². The summed E-state index contributed by atoms with van der Waals surface area (Å²) in [5.41, 5.74) is 2.19. The monoisotopic (exact) mass is 415 g/mol. The molecule has 30 heavy (non-hydrogen) atoms. The topological polar surface area (TPSA) is 84.2 Å². The van der Waals surface area contributed by atoms with Crippen molar-refractivity contribution in [3.63, 3.8) is 0 Å². The maximum Gasteiger partial charge on any atom is 0.191 e. The minimum Gasteiger partial charge on any atom is -0.497 e. The number of benzene rings is 1. The van der Waals surface area contributed by atoms with Gasteiger partial charge in [0.15, 0.2) is 11.7 Å². The summed E-state index contributed by atoms with van der Waals surface area (Å²) in [5.74, 6) is 2.39. The Hall–Kier alpha value is -2.58. The van der Waals surface area contributed by atoms with Crippen LogP contribution in [0.5, 0.6) is 5.75 Å². The van der Waals surface area contributed by atoms with Crippen molar-refractivity contribution >= 4 is 5.96 Å². The Labute approximate surface area is 178 Å². The van der Waals surface area contributed by atoms with Gasteiger partial charge in [0.25, 0.3) is 0 Å². The minimum atomic E-state index is 0.209. The van der Waals surface area contributed by atoms with E-state index in [1.54, 1.807) is 7.11 Å². The smallest absolute Gasteiger partial charge is 0.191 e. The van der Waals surface area contributed by atoms with E-state index in [0.29, 0.717) is 6.54 Å². The molecule has 1 aromatic carbocycles. The van der Waals surface area contributed by atoms with Crippen molar-refractivity contribution in [2.45, 2.75) is 32.9 Å². The molecule has 1 aliphatic rings. The maximum atomic E-state index is 5.55. The van der Waals surface area contributed by atoms with Crippen LogP contribution in [0.4, 0.5) is 0 Å². The predicted octanol–water partition coefficient (Wildman–Crippen LogP) is 2.37. The molecule has 0 bridgehead atoms. The summed E-state index contributed by atoms with van der Waals surface area (Å²) in [6, 6.07) is 10.5. The Morgan fingerprint density at radius 2 is 1.97 bits per heavy atom. The van der Waals surface area contributed by atoms with Crippen molar-refractivity contribution in [2.75, 3.05) is 46.5 Å². The van der Waals surface area contributed by atoms with Gasteiger partial charge in [0.05, 0.1) is 32.1 Å². The van der Waals surface area contributed by atoms with Gasteiger partial charge in [0.1, 0.15) is 12.3 Å². The zero-order valence-electron chi connectivity index (χ0n) is 18.2. The first-order valence-corrected chi connectivity index (χ1v) is 10.7. The van der Waals surface area contributed by atoms with E-state index in [9.17, 15) is 0 Å². The summed E-state index contributed by atoms with van der Waals surface area (Å²) in [6.07, 6.45) is 0.856. The van der Waals surface area contributed by atoms with E-state index in [-0.39, 0.29) is 6.04 Å². The number of methoxy groups -OCH3 is 1. The van der Waals surface area contributed by atoms with Crippen LogP contribution in [-0.2, 0) is 17.7 Å². The summed E-state index contributed by atoms with van der Waals surface area (Å²) in [6.45, 7) is 9.41. The number of rotatable bonds is 9. The van der Waals surface area contributed by atoms with Gasteiger partial charge in [-0.3, -0.25) is 4.90 Å². The molecule has 8 nitrogen and oxygen atoms in total. The third-order valence-electron chi connectivity index (χ3n) is 5.16. The highest BCUT2D eigenvalue weighted by molar-refractivity contribution is 5.79. The highest BCUT2D eigenvalue weighted by atomic mass is 16.5. The van der Waals surface area contributed by atoms with Crippen molar-refractivity contribution in [1.82, 2.24) is 20.7 Å². The van der Waals surface area contributed by atoms with Crippen LogP contribution in [0.2, 0.25) is 0 Å². The molecule has 0 saturated carbocycles. The number of ether oxygens (including phenoxy) is 2. The Kier molecular flexibility index (Phi) is 8.53. The average Bonchev–Trinajstić information content (AvgIpc) is 3.27. The summed E-state index contributed by atoms with van der Waals surface area (Å²) < 4.78 is 16.2. The second-order valence-corrected chi connectivity index (χ2v) is 7.15. The molecule has 0 spiro atoms. The lowest BCUT2D eigenvalue weighted by atomic mass is 10.0. The molecule has 0 amide bonds. The molecule has 164 valence electrons. The fourth-order valence-corrected chi connectivity index (χ4v) is 3.46. The van der Waals surface area contributed by atoms with E-state index in [2.05, 4.69) is 51.7 Å². The van der Waals surface area contributed by atoms with Crippen LogP contribution >= 0.6 is 0 Å². The van der Waals surface area contributed by atoms with Crippen molar-refractivity contribution in [3.05, 3.63) is 47.3 Å². The Balaban J connectivity index is 1.69. The fourth-order valence-electron chi connectivity index (χ4n) is 3.46. The SMILES string of the molecule is CCNC(=NCc1cc(CC)no1)NCC(c1ccc(OC)cc1)N1CCOCC1. The lowest BCUT2D eigenvalue weighted by molar-refractivity contribution is 0.0170. The van der Waals surface area contributed by atoms with Crippen molar-refractivity contribution in [3.8, 4) is 5.75 Å². The largest absolute Gasteiger partial charge is 0.497 e. The number of hydrogen-bond donors (Lipinski definition) is 2. The van der Waals surface area contributed by atoms with Crippen molar-refractivity contribution in [2.24, 2.45) is 4.99 Å². The number of nitrogens with zero attached hydrogens (tertiary/aromatic N) is 3. The van der Waals surface area contributed by atoms with Gasteiger partial charge in [-0.15, -0.1) is 0 Å². The molecule has 2 aromatic rings. The molecular weight excluding hydrogens is 382 g/mol. The fraction of sp³-hybridized carbons (Fsp3) is 0.545. The summed E-state index contributed by atoms with van der Waals surface area (Å²) >= 11 is 0. The van der Waals surface area contributed by atoms with E-state index >= 15 is 0 Å². The lowest BCUT2D eigenvalue weighted by Gasteiger charge is -2.35. The molecule has 2 heterocycles. The van der Waals surface area contributed by atoms with Crippen LogP contribution < -0.4 is 15.4 Å². The zero-order chi connectivity index (χ0) is 21.2. The van der Waals surface area contributed by atoms with Crippen LogP contribution in [0.25, 0.3) is 0 Å². The summed E-state index contributed by atoms with van der Waals surface area (Å²) in [5, 5.41) is 10.8. The predicted molar refractivity (Wildman–Crippen MR) is 117 cm³/mol. The van der Waals surface area contributed by atoms with Gasteiger partial charge in [0.2, 0.25) is 0 Å². The number of nitrogens with one attached hydrogen (secondary N) is 2. The van der Waals surface area contributed by atoms with Gasteiger partial charge in [-0.2, -0.15) is 0 Å². The number of aromatic nitrogens is 1. The third kappa shape index (κ3) is 6.21. The zero-order valence-corrected chi connectivity index (χ0v) is 18.2. The lowest BCUT2D eigenvalue weighted by Crippen LogP contribution is -2.46. The van der Waals surface area contributed by atoms with Gasteiger partial charge in [-0.25, -0.2) is 4.99 Å². The molecule has 1 fully saturated rings. The summed E-state index contributed by atoms with van der Waals surface area (Å²) in [7, 11) is 1.69. The number of aliphatic imine (C=N–C) groups is 1. The van der Waals surface area contributed by atoms with Crippen LogP contribution in [0, 0.1) is 0 Å². The van der Waals surface area contributed by atoms with Crippen molar-refractivity contribution in [1.29, 1.82) is 0 Å². The molecule has 8 heteroatoms.